The molecule has 4 rings (SSSR count). The largest absolute Gasteiger partial charge is 0.460 e. The zero-order chi connectivity index (χ0) is 24.5. The Bertz CT molecular complexity index is 1330. The Morgan fingerprint density at radius 2 is 1.97 bits per heavy atom. The third kappa shape index (κ3) is 5.30. The standard InChI is InChI=1S/C25H28N2O6S/c1-16(2)13-27(18-10-11-34(30,31)15-18)24(28)14-32-25(29)20-12-22(23-9-8-17(3)33-23)26-21-7-5-4-6-19(20)21/h4-9,12,16,18H,10-11,13-15H2,1-3H3. The molecule has 1 fully saturated rings. The van der Waals surface area contributed by atoms with Gasteiger partial charge in [-0.3, -0.25) is 4.79 Å². The Labute approximate surface area is 198 Å². The fourth-order valence-electron chi connectivity index (χ4n) is 4.20. The van der Waals surface area contributed by atoms with Gasteiger partial charge in [0.1, 0.15) is 11.5 Å². The van der Waals surface area contributed by atoms with E-state index in [2.05, 4.69) is 4.98 Å². The zero-order valence-corrected chi connectivity index (χ0v) is 20.3. The summed E-state index contributed by atoms with van der Waals surface area (Å²) < 4.78 is 35.0. The zero-order valence-electron chi connectivity index (χ0n) is 19.5. The molecule has 1 amide bonds. The molecule has 34 heavy (non-hydrogen) atoms. The first-order valence-electron chi connectivity index (χ1n) is 11.3. The van der Waals surface area contributed by atoms with Crippen LogP contribution in [0.3, 0.4) is 0 Å². The fourth-order valence-corrected chi connectivity index (χ4v) is 5.93. The normalized spacial score (nSPS) is 17.2. The lowest BCUT2D eigenvalue weighted by Gasteiger charge is -2.29. The maximum Gasteiger partial charge on any atom is 0.339 e. The van der Waals surface area contributed by atoms with Gasteiger partial charge in [-0.2, -0.15) is 0 Å². The molecule has 3 heterocycles. The molecule has 1 aromatic carbocycles. The number of para-hydroxylation sites is 1. The molecule has 0 spiro atoms. The summed E-state index contributed by atoms with van der Waals surface area (Å²) in [6, 6.07) is 12.0. The number of rotatable bonds is 7. The lowest BCUT2D eigenvalue weighted by Crippen LogP contribution is -2.45. The van der Waals surface area contributed by atoms with Crippen molar-refractivity contribution >= 4 is 32.6 Å². The van der Waals surface area contributed by atoms with Crippen molar-refractivity contribution in [2.45, 2.75) is 33.2 Å². The number of furan rings is 1. The van der Waals surface area contributed by atoms with Crippen LogP contribution in [0.15, 0.2) is 46.9 Å². The Morgan fingerprint density at radius 3 is 2.62 bits per heavy atom. The van der Waals surface area contributed by atoms with Crippen LogP contribution in [0.4, 0.5) is 0 Å². The molecule has 180 valence electrons. The van der Waals surface area contributed by atoms with Crippen LogP contribution in [0.25, 0.3) is 22.4 Å². The molecule has 1 atom stereocenters. The van der Waals surface area contributed by atoms with Gasteiger partial charge in [-0.15, -0.1) is 0 Å². The molecule has 1 aliphatic rings. The number of esters is 1. The van der Waals surface area contributed by atoms with Crippen molar-refractivity contribution in [3.8, 4) is 11.5 Å². The number of hydrogen-bond acceptors (Lipinski definition) is 7. The Morgan fingerprint density at radius 1 is 1.21 bits per heavy atom. The number of amides is 1. The monoisotopic (exact) mass is 484 g/mol. The number of benzene rings is 1. The van der Waals surface area contributed by atoms with Crippen LogP contribution in [0.5, 0.6) is 0 Å². The molecule has 1 aliphatic heterocycles. The van der Waals surface area contributed by atoms with E-state index in [0.29, 0.717) is 35.3 Å². The van der Waals surface area contributed by atoms with E-state index in [4.69, 9.17) is 9.15 Å². The summed E-state index contributed by atoms with van der Waals surface area (Å²) in [5.74, 6) is 0.353. The van der Waals surface area contributed by atoms with Crippen molar-refractivity contribution < 1.29 is 27.2 Å². The van der Waals surface area contributed by atoms with E-state index in [1.165, 1.54) is 0 Å². The van der Waals surface area contributed by atoms with Crippen molar-refractivity contribution in [3.63, 3.8) is 0 Å². The van der Waals surface area contributed by atoms with Gasteiger partial charge >= 0.3 is 5.97 Å². The molecule has 0 N–H and O–H groups in total. The van der Waals surface area contributed by atoms with Crippen LogP contribution in [-0.4, -0.2) is 60.9 Å². The van der Waals surface area contributed by atoms with E-state index >= 15 is 0 Å². The lowest BCUT2D eigenvalue weighted by atomic mass is 10.1. The van der Waals surface area contributed by atoms with Gasteiger partial charge in [0.15, 0.2) is 22.2 Å². The van der Waals surface area contributed by atoms with Crippen LogP contribution >= 0.6 is 0 Å². The molecule has 1 saturated heterocycles. The van der Waals surface area contributed by atoms with Gasteiger partial charge in [-0.25, -0.2) is 18.2 Å². The van der Waals surface area contributed by atoms with Crippen LogP contribution < -0.4 is 0 Å². The molecule has 0 aliphatic carbocycles. The second-order valence-electron chi connectivity index (χ2n) is 9.06. The number of aromatic nitrogens is 1. The average Bonchev–Trinajstić information content (AvgIpc) is 3.39. The molecule has 0 saturated carbocycles. The summed E-state index contributed by atoms with van der Waals surface area (Å²) in [4.78, 5) is 32.2. The minimum absolute atomic E-state index is 0.0552. The molecular weight excluding hydrogens is 456 g/mol. The highest BCUT2D eigenvalue weighted by Crippen LogP contribution is 2.27. The predicted octanol–water partition coefficient (Wildman–Crippen LogP) is 3.63. The minimum Gasteiger partial charge on any atom is -0.460 e. The Balaban J connectivity index is 1.56. The number of pyridine rings is 1. The van der Waals surface area contributed by atoms with Gasteiger partial charge in [0, 0.05) is 18.0 Å². The van der Waals surface area contributed by atoms with Crippen LogP contribution in [0, 0.1) is 12.8 Å². The number of ether oxygens (including phenoxy) is 1. The second kappa shape index (κ2) is 9.58. The SMILES string of the molecule is Cc1ccc(-c2cc(C(=O)OCC(=O)N(CC(C)C)C3CCS(=O)(=O)C3)c3ccccc3n2)o1. The van der Waals surface area contributed by atoms with Gasteiger partial charge in [0.25, 0.3) is 5.91 Å². The molecule has 3 aromatic rings. The smallest absolute Gasteiger partial charge is 0.339 e. The molecule has 0 radical (unpaired) electrons. The molecule has 2 aromatic heterocycles. The number of sulfone groups is 1. The van der Waals surface area contributed by atoms with Crippen LogP contribution in [-0.2, 0) is 19.4 Å². The molecule has 1 unspecified atom stereocenters. The van der Waals surface area contributed by atoms with E-state index in [-0.39, 0.29) is 23.0 Å². The third-order valence-electron chi connectivity index (χ3n) is 5.79. The van der Waals surface area contributed by atoms with E-state index in [1.807, 2.05) is 32.9 Å². The van der Waals surface area contributed by atoms with E-state index in [0.717, 1.165) is 5.76 Å². The minimum atomic E-state index is -3.16. The topological polar surface area (TPSA) is 107 Å². The van der Waals surface area contributed by atoms with E-state index in [1.54, 1.807) is 35.2 Å². The van der Waals surface area contributed by atoms with Crippen LogP contribution in [0.1, 0.15) is 36.4 Å². The number of carbonyl (C=O) groups excluding carboxylic acids is 2. The van der Waals surface area contributed by atoms with Crippen molar-refractivity contribution in [2.75, 3.05) is 24.7 Å². The Hall–Kier alpha value is -3.20. The first-order valence-corrected chi connectivity index (χ1v) is 13.1. The van der Waals surface area contributed by atoms with E-state index < -0.39 is 34.4 Å². The van der Waals surface area contributed by atoms with Crippen molar-refractivity contribution in [2.24, 2.45) is 5.92 Å². The summed E-state index contributed by atoms with van der Waals surface area (Å²) in [7, 11) is -3.16. The van der Waals surface area contributed by atoms with Crippen LogP contribution in [0.2, 0.25) is 0 Å². The molecule has 9 heteroatoms. The number of aryl methyl sites for hydroxylation is 1. The summed E-state index contributed by atoms with van der Waals surface area (Å²) >= 11 is 0. The maximum atomic E-state index is 13.1. The summed E-state index contributed by atoms with van der Waals surface area (Å²) in [6.07, 6.45) is 0.398. The molecular formula is C25H28N2O6S. The van der Waals surface area contributed by atoms with Gasteiger partial charge in [-0.1, -0.05) is 32.0 Å². The highest BCUT2D eigenvalue weighted by Gasteiger charge is 2.35. The average molecular weight is 485 g/mol. The Kier molecular flexibility index (Phi) is 6.74. The van der Waals surface area contributed by atoms with Crippen molar-refractivity contribution in [3.05, 3.63) is 53.8 Å². The molecule has 8 nitrogen and oxygen atoms in total. The maximum absolute atomic E-state index is 13.1. The highest BCUT2D eigenvalue weighted by atomic mass is 32.2. The summed E-state index contributed by atoms with van der Waals surface area (Å²) in [6.45, 7) is 5.67. The van der Waals surface area contributed by atoms with Crippen molar-refractivity contribution in [1.29, 1.82) is 0 Å². The summed E-state index contributed by atoms with van der Waals surface area (Å²) in [5, 5.41) is 0.605. The van der Waals surface area contributed by atoms with Gasteiger partial charge in [0.2, 0.25) is 0 Å². The molecule has 0 bridgehead atoms. The number of fused-ring (bicyclic) bond motifs is 1. The second-order valence-corrected chi connectivity index (χ2v) is 11.3. The fraction of sp³-hybridized carbons (Fsp3) is 0.400. The van der Waals surface area contributed by atoms with Gasteiger partial charge in [-0.05, 0) is 43.5 Å². The quantitative estimate of drug-likeness (QED) is 0.471. The first-order chi connectivity index (χ1) is 16.1. The third-order valence-corrected chi connectivity index (χ3v) is 7.54. The number of hydrogen-bond donors (Lipinski definition) is 0. The van der Waals surface area contributed by atoms with Gasteiger partial charge in [0.05, 0.1) is 22.6 Å². The predicted molar refractivity (Wildman–Crippen MR) is 128 cm³/mol. The number of nitrogens with zero attached hydrogens (tertiary/aromatic N) is 2. The van der Waals surface area contributed by atoms with E-state index in [9.17, 15) is 18.0 Å². The first kappa shape index (κ1) is 23.9. The van der Waals surface area contributed by atoms with Crippen molar-refractivity contribution in [1.82, 2.24) is 9.88 Å². The lowest BCUT2D eigenvalue weighted by molar-refractivity contribution is -0.137. The summed E-state index contributed by atoms with van der Waals surface area (Å²) in [5.41, 5.74) is 1.37. The number of carbonyl (C=O) groups is 2. The highest BCUT2D eigenvalue weighted by molar-refractivity contribution is 7.91. The van der Waals surface area contributed by atoms with Gasteiger partial charge < -0.3 is 14.1 Å².